The number of fused-ring (bicyclic) bond motifs is 1. The molecule has 2 rings (SSSR count). The molecule has 0 saturated heterocycles. The number of rotatable bonds is 2. The number of nitrogens with zero attached hydrogens (tertiary/aromatic N) is 2. The number of hydrogen-bond acceptors (Lipinski definition) is 2. The Hall–Kier alpha value is -1.35. The van der Waals surface area contributed by atoms with E-state index in [2.05, 4.69) is 25.1 Å². The molecule has 0 unspecified atom stereocenters. The molecule has 17 heavy (non-hydrogen) atoms. The molecule has 1 aliphatic heterocycles. The van der Waals surface area contributed by atoms with E-state index >= 15 is 0 Å². The molecule has 1 aliphatic rings. The number of benzene rings is 1. The number of aryl methyl sites for hydroxylation is 1. The van der Waals surface area contributed by atoms with Crippen LogP contribution in [-0.2, 0) is 17.8 Å². The van der Waals surface area contributed by atoms with Gasteiger partial charge in [-0.3, -0.25) is 4.79 Å². The van der Waals surface area contributed by atoms with E-state index in [0.717, 1.165) is 19.5 Å². The van der Waals surface area contributed by atoms with Crippen LogP contribution in [0.5, 0.6) is 0 Å². The maximum Gasteiger partial charge on any atom is 0.237 e. The molecule has 1 amide bonds. The Morgan fingerprint density at radius 1 is 1.35 bits per heavy atom. The second-order valence-electron chi connectivity index (χ2n) is 5.08. The highest BCUT2D eigenvalue weighted by Crippen LogP contribution is 2.20. The molecule has 0 atom stereocenters. The number of likely N-dealkylation sites (N-methyl/N-ethyl adjacent to an activating group) is 1. The van der Waals surface area contributed by atoms with E-state index in [1.54, 1.807) is 0 Å². The van der Waals surface area contributed by atoms with Gasteiger partial charge in [-0.05, 0) is 38.6 Å². The summed E-state index contributed by atoms with van der Waals surface area (Å²) < 4.78 is 0. The van der Waals surface area contributed by atoms with Gasteiger partial charge in [-0.15, -0.1) is 0 Å². The highest BCUT2D eigenvalue weighted by Gasteiger charge is 2.20. The van der Waals surface area contributed by atoms with Gasteiger partial charge in [-0.2, -0.15) is 0 Å². The van der Waals surface area contributed by atoms with Crippen molar-refractivity contribution < 1.29 is 4.79 Å². The lowest BCUT2D eigenvalue weighted by atomic mass is 9.97. The molecular weight excluding hydrogens is 212 g/mol. The second kappa shape index (κ2) is 4.88. The highest BCUT2D eigenvalue weighted by atomic mass is 16.2. The first-order chi connectivity index (χ1) is 8.06. The molecule has 0 N–H and O–H groups in total. The van der Waals surface area contributed by atoms with Crippen LogP contribution in [0.2, 0.25) is 0 Å². The molecule has 92 valence electrons. The lowest BCUT2D eigenvalue weighted by Gasteiger charge is -2.30. The van der Waals surface area contributed by atoms with E-state index in [1.165, 1.54) is 16.7 Å². The molecular formula is C14H20N2O. The fourth-order valence-corrected chi connectivity index (χ4v) is 2.27. The van der Waals surface area contributed by atoms with Crippen molar-refractivity contribution in [2.45, 2.75) is 19.9 Å². The van der Waals surface area contributed by atoms with Crippen molar-refractivity contribution in [3.8, 4) is 0 Å². The monoisotopic (exact) mass is 232 g/mol. The van der Waals surface area contributed by atoms with Crippen LogP contribution in [0.3, 0.4) is 0 Å². The van der Waals surface area contributed by atoms with Crippen LogP contribution < -0.4 is 0 Å². The number of amides is 1. The van der Waals surface area contributed by atoms with E-state index in [-0.39, 0.29) is 5.91 Å². The van der Waals surface area contributed by atoms with Crippen LogP contribution in [-0.4, -0.2) is 42.9 Å². The molecule has 0 spiro atoms. The molecule has 0 aliphatic carbocycles. The lowest BCUT2D eigenvalue weighted by Crippen LogP contribution is -2.40. The first kappa shape index (κ1) is 12.1. The predicted molar refractivity (Wildman–Crippen MR) is 68.9 cm³/mol. The van der Waals surface area contributed by atoms with Gasteiger partial charge in [0.15, 0.2) is 0 Å². The van der Waals surface area contributed by atoms with Crippen molar-refractivity contribution in [3.05, 3.63) is 34.9 Å². The Bertz CT molecular complexity index is 426. The zero-order valence-electron chi connectivity index (χ0n) is 10.9. The van der Waals surface area contributed by atoms with Crippen molar-refractivity contribution in [1.82, 2.24) is 9.80 Å². The van der Waals surface area contributed by atoms with Crippen LogP contribution in [0.1, 0.15) is 16.7 Å². The van der Waals surface area contributed by atoms with E-state index in [1.807, 2.05) is 23.9 Å². The maximum absolute atomic E-state index is 12.0. The quantitative estimate of drug-likeness (QED) is 0.770. The van der Waals surface area contributed by atoms with Gasteiger partial charge in [0.05, 0.1) is 6.54 Å². The minimum Gasteiger partial charge on any atom is -0.337 e. The van der Waals surface area contributed by atoms with Crippen LogP contribution in [0.25, 0.3) is 0 Å². The van der Waals surface area contributed by atoms with Crippen LogP contribution in [0, 0.1) is 6.92 Å². The molecule has 0 fully saturated rings. The average Bonchev–Trinajstić information content (AvgIpc) is 2.27. The lowest BCUT2D eigenvalue weighted by molar-refractivity contribution is -0.132. The fourth-order valence-electron chi connectivity index (χ4n) is 2.27. The standard InChI is InChI=1S/C14H20N2O/c1-11-4-5-13-9-16(7-6-12(13)8-11)14(17)10-15(2)3/h4-5,8H,6-7,9-10H2,1-3H3. The Kier molecular flexibility index (Phi) is 3.48. The number of hydrogen-bond donors (Lipinski definition) is 0. The summed E-state index contributed by atoms with van der Waals surface area (Å²) >= 11 is 0. The van der Waals surface area contributed by atoms with Crippen molar-refractivity contribution in [2.75, 3.05) is 27.2 Å². The molecule has 0 radical (unpaired) electrons. The summed E-state index contributed by atoms with van der Waals surface area (Å²) in [5.74, 6) is 0.223. The third-order valence-electron chi connectivity index (χ3n) is 3.18. The molecule has 3 nitrogen and oxygen atoms in total. The Balaban J connectivity index is 2.08. The topological polar surface area (TPSA) is 23.6 Å². The van der Waals surface area contributed by atoms with Gasteiger partial charge < -0.3 is 9.80 Å². The molecule has 0 bridgehead atoms. The summed E-state index contributed by atoms with van der Waals surface area (Å²) in [5.41, 5.74) is 4.00. The Morgan fingerprint density at radius 3 is 2.82 bits per heavy atom. The second-order valence-corrected chi connectivity index (χ2v) is 5.08. The maximum atomic E-state index is 12.0. The Morgan fingerprint density at radius 2 is 2.12 bits per heavy atom. The molecule has 0 aromatic heterocycles. The SMILES string of the molecule is Cc1ccc2c(c1)CCN(C(=O)CN(C)C)C2. The zero-order chi connectivity index (χ0) is 12.4. The van der Waals surface area contributed by atoms with Gasteiger partial charge in [-0.1, -0.05) is 23.8 Å². The molecule has 0 saturated carbocycles. The number of carbonyl (C=O) groups is 1. The summed E-state index contributed by atoms with van der Waals surface area (Å²) in [4.78, 5) is 15.8. The summed E-state index contributed by atoms with van der Waals surface area (Å²) in [6.07, 6.45) is 0.982. The van der Waals surface area contributed by atoms with Crippen molar-refractivity contribution >= 4 is 5.91 Å². The summed E-state index contributed by atoms with van der Waals surface area (Å²) in [6.45, 7) is 4.23. The minimum absolute atomic E-state index is 0.223. The van der Waals surface area contributed by atoms with Crippen LogP contribution >= 0.6 is 0 Å². The molecule has 1 heterocycles. The molecule has 3 heteroatoms. The zero-order valence-corrected chi connectivity index (χ0v) is 10.9. The highest BCUT2D eigenvalue weighted by molar-refractivity contribution is 5.78. The average molecular weight is 232 g/mol. The molecule has 1 aromatic carbocycles. The van der Waals surface area contributed by atoms with Gasteiger partial charge >= 0.3 is 0 Å². The van der Waals surface area contributed by atoms with Crippen molar-refractivity contribution in [2.24, 2.45) is 0 Å². The minimum atomic E-state index is 0.223. The normalized spacial score (nSPS) is 14.9. The van der Waals surface area contributed by atoms with E-state index in [4.69, 9.17) is 0 Å². The smallest absolute Gasteiger partial charge is 0.237 e. The predicted octanol–water partition coefficient (Wildman–Crippen LogP) is 1.44. The van der Waals surface area contributed by atoms with Crippen molar-refractivity contribution in [1.29, 1.82) is 0 Å². The van der Waals surface area contributed by atoms with E-state index in [9.17, 15) is 4.79 Å². The summed E-state index contributed by atoms with van der Waals surface area (Å²) in [6, 6.07) is 6.52. The summed E-state index contributed by atoms with van der Waals surface area (Å²) in [5, 5.41) is 0. The van der Waals surface area contributed by atoms with Gasteiger partial charge in [-0.25, -0.2) is 0 Å². The van der Waals surface area contributed by atoms with Gasteiger partial charge in [0.2, 0.25) is 5.91 Å². The van der Waals surface area contributed by atoms with E-state index < -0.39 is 0 Å². The Labute approximate surface area is 103 Å². The van der Waals surface area contributed by atoms with Gasteiger partial charge in [0.1, 0.15) is 0 Å². The van der Waals surface area contributed by atoms with Gasteiger partial charge in [0, 0.05) is 13.1 Å². The third-order valence-corrected chi connectivity index (χ3v) is 3.18. The van der Waals surface area contributed by atoms with E-state index in [0.29, 0.717) is 6.54 Å². The largest absolute Gasteiger partial charge is 0.337 e. The van der Waals surface area contributed by atoms with Crippen molar-refractivity contribution in [3.63, 3.8) is 0 Å². The molecule has 1 aromatic rings. The summed E-state index contributed by atoms with van der Waals surface area (Å²) in [7, 11) is 3.86. The first-order valence-electron chi connectivity index (χ1n) is 6.07. The number of carbonyl (C=O) groups excluding carboxylic acids is 1. The van der Waals surface area contributed by atoms with Crippen LogP contribution in [0.4, 0.5) is 0 Å². The van der Waals surface area contributed by atoms with Crippen LogP contribution in [0.15, 0.2) is 18.2 Å². The third kappa shape index (κ3) is 2.86. The first-order valence-corrected chi connectivity index (χ1v) is 6.07. The van der Waals surface area contributed by atoms with Gasteiger partial charge in [0.25, 0.3) is 0 Å². The fraction of sp³-hybridized carbons (Fsp3) is 0.500.